The molecule has 0 radical (unpaired) electrons. The SMILES string of the molecule is CCCCN(C)Cc1cn[nH]c1-c1cc(OC(CO)CC(C)C)cc(C(F)(F)F)c1. The Kier molecular flexibility index (Phi) is 8.73. The summed E-state index contributed by atoms with van der Waals surface area (Å²) in [6, 6.07) is 3.66. The molecule has 1 aromatic heterocycles. The summed E-state index contributed by atoms with van der Waals surface area (Å²) in [6.07, 6.45) is -0.780. The number of rotatable bonds is 11. The molecular formula is C22H32F3N3O2. The van der Waals surface area contributed by atoms with Crippen LogP contribution in [-0.2, 0) is 12.7 Å². The van der Waals surface area contributed by atoms with Gasteiger partial charge in [0.1, 0.15) is 11.9 Å². The van der Waals surface area contributed by atoms with Crippen LogP contribution in [-0.4, -0.2) is 46.5 Å². The second kappa shape index (κ2) is 10.8. The van der Waals surface area contributed by atoms with Gasteiger partial charge in [-0.2, -0.15) is 18.3 Å². The normalized spacial score (nSPS) is 13.3. The molecule has 0 amide bonds. The Labute approximate surface area is 176 Å². The number of nitrogens with one attached hydrogen (secondary N) is 1. The molecule has 0 saturated heterocycles. The average Bonchev–Trinajstić information content (AvgIpc) is 3.12. The lowest BCUT2D eigenvalue weighted by atomic mass is 10.0. The van der Waals surface area contributed by atoms with Crippen molar-refractivity contribution in [1.29, 1.82) is 0 Å². The van der Waals surface area contributed by atoms with Gasteiger partial charge in [0.2, 0.25) is 0 Å². The molecule has 1 unspecified atom stereocenters. The highest BCUT2D eigenvalue weighted by molar-refractivity contribution is 5.66. The number of aromatic amines is 1. The first-order valence-corrected chi connectivity index (χ1v) is 10.3. The van der Waals surface area contributed by atoms with Crippen molar-refractivity contribution < 1.29 is 23.0 Å². The Morgan fingerprint density at radius 2 is 1.97 bits per heavy atom. The van der Waals surface area contributed by atoms with Crippen LogP contribution in [0, 0.1) is 5.92 Å². The van der Waals surface area contributed by atoms with Crippen molar-refractivity contribution in [1.82, 2.24) is 15.1 Å². The second-order valence-corrected chi connectivity index (χ2v) is 8.16. The van der Waals surface area contributed by atoms with Crippen molar-refractivity contribution >= 4 is 0 Å². The minimum absolute atomic E-state index is 0.0828. The number of benzene rings is 1. The molecule has 2 N–H and O–H groups in total. The third-order valence-electron chi connectivity index (χ3n) is 4.81. The Balaban J connectivity index is 2.37. The first-order chi connectivity index (χ1) is 14.1. The number of hydrogen-bond acceptors (Lipinski definition) is 4. The van der Waals surface area contributed by atoms with E-state index in [-0.39, 0.29) is 18.3 Å². The summed E-state index contributed by atoms with van der Waals surface area (Å²) in [7, 11) is 1.98. The lowest BCUT2D eigenvalue weighted by Crippen LogP contribution is -2.23. The van der Waals surface area contributed by atoms with E-state index in [2.05, 4.69) is 22.0 Å². The quantitative estimate of drug-likeness (QED) is 0.523. The maximum absolute atomic E-state index is 13.5. The lowest BCUT2D eigenvalue weighted by molar-refractivity contribution is -0.137. The van der Waals surface area contributed by atoms with Crippen LogP contribution in [0.5, 0.6) is 5.75 Å². The van der Waals surface area contributed by atoms with Gasteiger partial charge < -0.3 is 14.7 Å². The number of alkyl halides is 3. The molecule has 0 aliphatic carbocycles. The zero-order valence-electron chi connectivity index (χ0n) is 18.1. The largest absolute Gasteiger partial charge is 0.488 e. The summed E-state index contributed by atoms with van der Waals surface area (Å²) in [4.78, 5) is 2.12. The molecule has 1 heterocycles. The molecule has 5 nitrogen and oxygen atoms in total. The van der Waals surface area contributed by atoms with E-state index in [1.165, 1.54) is 0 Å². The second-order valence-electron chi connectivity index (χ2n) is 8.16. The molecule has 1 aromatic carbocycles. The van der Waals surface area contributed by atoms with Gasteiger partial charge in [0.25, 0.3) is 0 Å². The van der Waals surface area contributed by atoms with Gasteiger partial charge in [-0.05, 0) is 50.6 Å². The van der Waals surface area contributed by atoms with E-state index >= 15 is 0 Å². The van der Waals surface area contributed by atoms with Crippen molar-refractivity contribution in [3.05, 3.63) is 35.5 Å². The first-order valence-electron chi connectivity index (χ1n) is 10.3. The molecule has 1 atom stereocenters. The fraction of sp³-hybridized carbons (Fsp3) is 0.591. The van der Waals surface area contributed by atoms with E-state index in [1.54, 1.807) is 12.3 Å². The van der Waals surface area contributed by atoms with Gasteiger partial charge >= 0.3 is 6.18 Å². The van der Waals surface area contributed by atoms with E-state index in [9.17, 15) is 18.3 Å². The number of aliphatic hydroxyl groups excluding tert-OH is 1. The monoisotopic (exact) mass is 427 g/mol. The van der Waals surface area contributed by atoms with E-state index in [1.807, 2.05) is 20.9 Å². The zero-order chi connectivity index (χ0) is 22.3. The van der Waals surface area contributed by atoms with Crippen LogP contribution < -0.4 is 4.74 Å². The molecule has 0 spiro atoms. The molecule has 2 rings (SSSR count). The fourth-order valence-corrected chi connectivity index (χ4v) is 3.33. The van der Waals surface area contributed by atoms with Crippen LogP contribution in [0.15, 0.2) is 24.4 Å². The van der Waals surface area contributed by atoms with Crippen LogP contribution >= 0.6 is 0 Å². The minimum Gasteiger partial charge on any atom is -0.488 e. The van der Waals surface area contributed by atoms with Crippen LogP contribution in [0.3, 0.4) is 0 Å². The van der Waals surface area contributed by atoms with Gasteiger partial charge in [-0.1, -0.05) is 27.2 Å². The minimum atomic E-state index is -4.51. The third-order valence-corrected chi connectivity index (χ3v) is 4.81. The van der Waals surface area contributed by atoms with E-state index in [0.717, 1.165) is 37.1 Å². The van der Waals surface area contributed by atoms with E-state index in [0.29, 0.717) is 24.2 Å². The summed E-state index contributed by atoms with van der Waals surface area (Å²) in [5.74, 6) is 0.324. The van der Waals surface area contributed by atoms with Gasteiger partial charge in [0.15, 0.2) is 0 Å². The molecule has 0 bridgehead atoms. The number of hydrogen-bond donors (Lipinski definition) is 2. The smallest absolute Gasteiger partial charge is 0.416 e. The Hall–Kier alpha value is -2.06. The number of aliphatic hydroxyl groups is 1. The van der Waals surface area contributed by atoms with Gasteiger partial charge in [-0.3, -0.25) is 5.10 Å². The van der Waals surface area contributed by atoms with Crippen molar-refractivity contribution in [3.63, 3.8) is 0 Å². The number of ether oxygens (including phenoxy) is 1. The number of H-pyrrole nitrogens is 1. The van der Waals surface area contributed by atoms with E-state index < -0.39 is 17.8 Å². The summed E-state index contributed by atoms with van der Waals surface area (Å²) in [5, 5.41) is 16.5. The zero-order valence-corrected chi connectivity index (χ0v) is 18.1. The first kappa shape index (κ1) is 24.2. The highest BCUT2D eigenvalue weighted by atomic mass is 19.4. The molecule has 168 valence electrons. The maximum Gasteiger partial charge on any atom is 0.416 e. The van der Waals surface area contributed by atoms with Crippen molar-refractivity contribution in [3.8, 4) is 17.0 Å². The van der Waals surface area contributed by atoms with Gasteiger partial charge in [-0.25, -0.2) is 0 Å². The van der Waals surface area contributed by atoms with Gasteiger partial charge in [-0.15, -0.1) is 0 Å². The predicted octanol–water partition coefficient (Wildman–Crippen LogP) is 5.11. The lowest BCUT2D eigenvalue weighted by Gasteiger charge is -2.21. The predicted molar refractivity (Wildman–Crippen MR) is 111 cm³/mol. The molecule has 0 aliphatic heterocycles. The highest BCUT2D eigenvalue weighted by Gasteiger charge is 2.32. The average molecular weight is 428 g/mol. The number of halogens is 3. The Morgan fingerprint density at radius 3 is 2.57 bits per heavy atom. The number of nitrogens with zero attached hydrogens (tertiary/aromatic N) is 2. The van der Waals surface area contributed by atoms with Gasteiger partial charge in [0, 0.05) is 17.7 Å². The molecule has 30 heavy (non-hydrogen) atoms. The molecule has 2 aromatic rings. The summed E-state index contributed by atoms with van der Waals surface area (Å²) in [6.45, 7) is 7.25. The van der Waals surface area contributed by atoms with Crippen LogP contribution in [0.4, 0.5) is 13.2 Å². The van der Waals surface area contributed by atoms with Crippen molar-refractivity contribution in [2.75, 3.05) is 20.2 Å². The summed E-state index contributed by atoms with van der Waals surface area (Å²) >= 11 is 0. The maximum atomic E-state index is 13.5. The number of unbranched alkanes of at least 4 members (excludes halogenated alkanes) is 1. The van der Waals surface area contributed by atoms with Crippen LogP contribution in [0.25, 0.3) is 11.3 Å². The topological polar surface area (TPSA) is 61.4 Å². The molecule has 0 saturated carbocycles. The highest BCUT2D eigenvalue weighted by Crippen LogP contribution is 2.36. The van der Waals surface area contributed by atoms with Crippen LogP contribution in [0.1, 0.15) is 51.2 Å². The number of aromatic nitrogens is 2. The van der Waals surface area contributed by atoms with Crippen LogP contribution in [0.2, 0.25) is 0 Å². The molecular weight excluding hydrogens is 395 g/mol. The molecule has 0 fully saturated rings. The summed E-state index contributed by atoms with van der Waals surface area (Å²) < 4.78 is 46.3. The van der Waals surface area contributed by atoms with Gasteiger partial charge in [0.05, 0.1) is 24.1 Å². The van der Waals surface area contributed by atoms with Crippen molar-refractivity contribution in [2.24, 2.45) is 5.92 Å². The Morgan fingerprint density at radius 1 is 1.23 bits per heavy atom. The standard InChI is InChI=1S/C22H32F3N3O2/c1-5-6-7-28(4)13-17-12-26-27-21(17)16-9-18(22(23,24)25)11-19(10-16)30-20(14-29)8-15(2)3/h9-12,15,20,29H,5-8,13-14H2,1-4H3,(H,26,27). The molecule has 0 aliphatic rings. The van der Waals surface area contributed by atoms with E-state index in [4.69, 9.17) is 4.74 Å². The fourth-order valence-electron chi connectivity index (χ4n) is 3.33. The Bertz CT molecular complexity index is 790. The third kappa shape index (κ3) is 7.02. The summed E-state index contributed by atoms with van der Waals surface area (Å²) in [5.41, 5.74) is 0.923. The van der Waals surface area contributed by atoms with Crippen molar-refractivity contribution in [2.45, 2.75) is 58.9 Å². The molecule has 8 heteroatoms.